The average Bonchev–Trinajstić information content (AvgIpc) is 2.59. The third kappa shape index (κ3) is 4.85. The van der Waals surface area contributed by atoms with Gasteiger partial charge in [-0.05, 0) is 35.7 Å². The summed E-state index contributed by atoms with van der Waals surface area (Å²) < 4.78 is 0. The molecule has 2 amide bonds. The quantitative estimate of drug-likeness (QED) is 0.763. The highest BCUT2D eigenvalue weighted by Crippen LogP contribution is 2.17. The van der Waals surface area contributed by atoms with Gasteiger partial charge in [0.15, 0.2) is 0 Å². The highest BCUT2D eigenvalue weighted by molar-refractivity contribution is 5.93. The number of carbonyl (C=O) groups is 2. The summed E-state index contributed by atoms with van der Waals surface area (Å²) in [6.45, 7) is 0.410. The first-order valence-electron chi connectivity index (χ1n) is 7.44. The zero-order valence-electron chi connectivity index (χ0n) is 13.0. The van der Waals surface area contributed by atoms with Crippen LogP contribution < -0.4 is 10.6 Å². The number of hydrogen-bond donors (Lipinski definition) is 3. The number of aryl methyl sites for hydroxylation is 1. The van der Waals surface area contributed by atoms with Crippen LogP contribution in [-0.4, -0.2) is 24.0 Å². The van der Waals surface area contributed by atoms with Crippen molar-refractivity contribution in [2.45, 2.75) is 19.4 Å². The first-order chi connectivity index (χ1) is 11.1. The molecule has 5 heteroatoms. The van der Waals surface area contributed by atoms with E-state index in [9.17, 15) is 14.7 Å². The molecule has 23 heavy (non-hydrogen) atoms. The molecule has 0 aliphatic heterocycles. The van der Waals surface area contributed by atoms with Crippen LogP contribution in [0.2, 0.25) is 0 Å². The Bertz CT molecular complexity index is 681. The van der Waals surface area contributed by atoms with Gasteiger partial charge in [-0.1, -0.05) is 30.3 Å². The van der Waals surface area contributed by atoms with Crippen molar-refractivity contribution in [3.63, 3.8) is 0 Å². The Balaban J connectivity index is 1.80. The normalized spacial score (nSPS) is 10.1. The van der Waals surface area contributed by atoms with Crippen molar-refractivity contribution in [2.75, 3.05) is 7.05 Å². The van der Waals surface area contributed by atoms with Crippen LogP contribution in [0.25, 0.3) is 0 Å². The van der Waals surface area contributed by atoms with E-state index < -0.39 is 0 Å². The summed E-state index contributed by atoms with van der Waals surface area (Å²) in [6.07, 6.45) is 0.808. The Morgan fingerprint density at radius 1 is 1.04 bits per heavy atom. The fraction of sp³-hybridized carbons (Fsp3) is 0.222. The van der Waals surface area contributed by atoms with Crippen molar-refractivity contribution in [1.29, 1.82) is 0 Å². The first kappa shape index (κ1) is 16.5. The largest absolute Gasteiger partial charge is 0.508 e. The van der Waals surface area contributed by atoms with Gasteiger partial charge in [0.25, 0.3) is 5.91 Å². The monoisotopic (exact) mass is 312 g/mol. The molecule has 0 aliphatic carbocycles. The topological polar surface area (TPSA) is 78.4 Å². The molecule has 0 atom stereocenters. The van der Waals surface area contributed by atoms with Gasteiger partial charge in [0.1, 0.15) is 5.75 Å². The predicted octanol–water partition coefficient (Wildman–Crippen LogP) is 2.00. The molecule has 0 saturated carbocycles. The maximum atomic E-state index is 11.9. The number of aromatic hydroxyl groups is 1. The van der Waals surface area contributed by atoms with E-state index in [2.05, 4.69) is 10.6 Å². The van der Waals surface area contributed by atoms with Crippen LogP contribution in [-0.2, 0) is 17.8 Å². The van der Waals surface area contributed by atoms with Crippen molar-refractivity contribution in [3.05, 3.63) is 65.2 Å². The van der Waals surface area contributed by atoms with Crippen molar-refractivity contribution < 1.29 is 14.7 Å². The summed E-state index contributed by atoms with van der Waals surface area (Å²) in [5.41, 5.74) is 2.27. The molecule has 0 fully saturated rings. The summed E-state index contributed by atoms with van der Waals surface area (Å²) in [4.78, 5) is 23.3. The number of nitrogens with one attached hydrogen (secondary N) is 2. The molecule has 2 rings (SSSR count). The van der Waals surface area contributed by atoms with E-state index in [1.165, 1.54) is 0 Å². The Labute approximate surface area is 135 Å². The molecule has 2 aromatic rings. The van der Waals surface area contributed by atoms with Gasteiger partial charge < -0.3 is 15.7 Å². The number of benzene rings is 2. The maximum Gasteiger partial charge on any atom is 0.251 e. The molecule has 0 aromatic heterocycles. The fourth-order valence-corrected chi connectivity index (χ4v) is 2.18. The number of carbonyl (C=O) groups excluding carboxylic acids is 2. The minimum Gasteiger partial charge on any atom is -0.508 e. The van der Waals surface area contributed by atoms with Crippen LogP contribution in [0.4, 0.5) is 0 Å². The third-order valence-electron chi connectivity index (χ3n) is 3.55. The van der Waals surface area contributed by atoms with Crippen LogP contribution in [0.15, 0.2) is 48.5 Å². The van der Waals surface area contributed by atoms with Gasteiger partial charge >= 0.3 is 0 Å². The lowest BCUT2D eigenvalue weighted by Crippen LogP contribution is -2.23. The minimum atomic E-state index is -0.136. The van der Waals surface area contributed by atoms with Crippen LogP contribution >= 0.6 is 0 Å². The van der Waals surface area contributed by atoms with Crippen LogP contribution in [0.1, 0.15) is 27.9 Å². The highest BCUT2D eigenvalue weighted by atomic mass is 16.3. The SMILES string of the molecule is CNC(=O)c1ccc(CNC(=O)CCc2ccccc2O)cc1. The molecular formula is C18H20N2O3. The number of phenolic OH excluding ortho intramolecular Hbond substituents is 1. The Morgan fingerprint density at radius 2 is 1.74 bits per heavy atom. The van der Waals surface area contributed by atoms with E-state index in [1.54, 1.807) is 37.4 Å². The minimum absolute atomic E-state index is 0.0800. The molecule has 0 aliphatic rings. The van der Waals surface area contributed by atoms with Gasteiger partial charge in [-0.25, -0.2) is 0 Å². The number of phenols is 1. The predicted molar refractivity (Wildman–Crippen MR) is 88.1 cm³/mol. The van der Waals surface area contributed by atoms with Gasteiger partial charge in [0.05, 0.1) is 0 Å². The summed E-state index contributed by atoms with van der Waals surface area (Å²) in [6, 6.07) is 14.1. The lowest BCUT2D eigenvalue weighted by atomic mass is 10.1. The van der Waals surface area contributed by atoms with Crippen LogP contribution in [0.3, 0.4) is 0 Å². The number of para-hydroxylation sites is 1. The van der Waals surface area contributed by atoms with Gasteiger partial charge in [0, 0.05) is 25.6 Å². The lowest BCUT2D eigenvalue weighted by Gasteiger charge is -2.07. The second-order valence-electron chi connectivity index (χ2n) is 5.18. The molecule has 120 valence electrons. The van der Waals surface area contributed by atoms with Crippen LogP contribution in [0.5, 0.6) is 5.75 Å². The molecule has 0 spiro atoms. The van der Waals surface area contributed by atoms with E-state index in [0.29, 0.717) is 24.9 Å². The Morgan fingerprint density at radius 3 is 2.39 bits per heavy atom. The molecule has 5 nitrogen and oxygen atoms in total. The second-order valence-corrected chi connectivity index (χ2v) is 5.18. The van der Waals surface area contributed by atoms with Crippen molar-refractivity contribution in [3.8, 4) is 5.75 Å². The summed E-state index contributed by atoms with van der Waals surface area (Å²) in [7, 11) is 1.58. The molecule has 0 heterocycles. The van der Waals surface area contributed by atoms with Crippen molar-refractivity contribution in [1.82, 2.24) is 10.6 Å². The van der Waals surface area contributed by atoms with Crippen molar-refractivity contribution in [2.24, 2.45) is 0 Å². The zero-order chi connectivity index (χ0) is 16.7. The van der Waals surface area contributed by atoms with E-state index in [0.717, 1.165) is 11.1 Å². The Kier molecular flexibility index (Phi) is 5.74. The van der Waals surface area contributed by atoms with Gasteiger partial charge in [-0.15, -0.1) is 0 Å². The number of hydrogen-bond acceptors (Lipinski definition) is 3. The van der Waals surface area contributed by atoms with Crippen molar-refractivity contribution >= 4 is 11.8 Å². The van der Waals surface area contributed by atoms with Gasteiger partial charge in [-0.2, -0.15) is 0 Å². The maximum absolute atomic E-state index is 11.9. The molecule has 0 bridgehead atoms. The number of rotatable bonds is 6. The second kappa shape index (κ2) is 7.98. The van der Waals surface area contributed by atoms with E-state index in [1.807, 2.05) is 18.2 Å². The smallest absolute Gasteiger partial charge is 0.251 e. The van der Waals surface area contributed by atoms with E-state index in [-0.39, 0.29) is 17.6 Å². The lowest BCUT2D eigenvalue weighted by molar-refractivity contribution is -0.121. The molecule has 0 saturated heterocycles. The van der Waals surface area contributed by atoms with Gasteiger partial charge in [-0.3, -0.25) is 9.59 Å². The summed E-state index contributed by atoms with van der Waals surface area (Å²) in [5.74, 6) is -0.00280. The Hall–Kier alpha value is -2.82. The molecule has 0 radical (unpaired) electrons. The highest BCUT2D eigenvalue weighted by Gasteiger charge is 2.06. The zero-order valence-corrected chi connectivity index (χ0v) is 13.0. The van der Waals surface area contributed by atoms with Crippen LogP contribution in [0, 0.1) is 0 Å². The van der Waals surface area contributed by atoms with E-state index >= 15 is 0 Å². The van der Waals surface area contributed by atoms with Gasteiger partial charge in [0.2, 0.25) is 5.91 Å². The summed E-state index contributed by atoms with van der Waals surface area (Å²) in [5, 5.41) is 15.0. The summed E-state index contributed by atoms with van der Waals surface area (Å²) >= 11 is 0. The standard InChI is InChI=1S/C18H20N2O3/c1-19-18(23)15-8-6-13(7-9-15)12-20-17(22)11-10-14-4-2-3-5-16(14)21/h2-9,21H,10-12H2,1H3,(H,19,23)(H,20,22). The van der Waals surface area contributed by atoms with E-state index in [4.69, 9.17) is 0 Å². The fourth-order valence-electron chi connectivity index (χ4n) is 2.18. The number of amides is 2. The molecular weight excluding hydrogens is 292 g/mol. The third-order valence-corrected chi connectivity index (χ3v) is 3.55. The average molecular weight is 312 g/mol. The first-order valence-corrected chi connectivity index (χ1v) is 7.44. The molecule has 3 N–H and O–H groups in total. The molecule has 2 aromatic carbocycles. The molecule has 0 unspecified atom stereocenters.